The minimum Gasteiger partial charge on any atom is -0.444 e. The number of carbonyl (C=O) groups excluding carboxylic acids is 2. The smallest absolute Gasteiger partial charge is 0.410 e. The Kier molecular flexibility index (Phi) is 8.08. The molecule has 1 aliphatic heterocycles. The molecule has 0 spiro atoms. The average molecular weight is 374 g/mol. The average Bonchev–Trinajstić information content (AvgIpc) is 2.88. The van der Waals surface area contributed by atoms with E-state index in [0.717, 1.165) is 6.42 Å². The van der Waals surface area contributed by atoms with Gasteiger partial charge in [0.05, 0.1) is 18.7 Å². The molecule has 8 heteroatoms. The Morgan fingerprint density at radius 2 is 1.92 bits per heavy atom. The van der Waals surface area contributed by atoms with Crippen LogP contribution in [0, 0.1) is 0 Å². The van der Waals surface area contributed by atoms with Crippen LogP contribution in [-0.4, -0.2) is 71.8 Å². The van der Waals surface area contributed by atoms with Crippen molar-refractivity contribution in [1.29, 1.82) is 0 Å². The second-order valence-corrected chi connectivity index (χ2v) is 7.95. The molecule has 1 heterocycles. The Bertz CT molecular complexity index is 491. The second kappa shape index (κ2) is 9.33. The fourth-order valence-corrected chi connectivity index (χ4v) is 2.85. The van der Waals surface area contributed by atoms with E-state index in [0.29, 0.717) is 37.4 Å². The van der Waals surface area contributed by atoms with Gasteiger partial charge >= 0.3 is 6.09 Å². The highest BCUT2D eigenvalue weighted by molar-refractivity contribution is 7.80. The molecule has 144 valence electrons. The van der Waals surface area contributed by atoms with Gasteiger partial charge in [0.2, 0.25) is 5.91 Å². The first kappa shape index (κ1) is 21.6. The van der Waals surface area contributed by atoms with Crippen LogP contribution in [0.25, 0.3) is 0 Å². The summed E-state index contributed by atoms with van der Waals surface area (Å²) in [6, 6.07) is -0.213. The SMILES string of the molecule is CN(C)C(=S)[C@@H]1C[C@@H](OCCCCC(N)=O)CN1C(=O)OC(C)(C)C. The van der Waals surface area contributed by atoms with Gasteiger partial charge in [0.1, 0.15) is 10.6 Å². The number of likely N-dealkylation sites (N-methyl/N-ethyl adjacent to an activating group) is 1. The van der Waals surface area contributed by atoms with Gasteiger partial charge in [-0.3, -0.25) is 9.69 Å². The maximum absolute atomic E-state index is 12.5. The normalized spacial score (nSPS) is 20.4. The Morgan fingerprint density at radius 1 is 1.28 bits per heavy atom. The summed E-state index contributed by atoms with van der Waals surface area (Å²) in [5, 5.41) is 0. The number of hydrogen-bond acceptors (Lipinski definition) is 5. The highest BCUT2D eigenvalue weighted by atomic mass is 32.1. The summed E-state index contributed by atoms with van der Waals surface area (Å²) in [6.07, 6.45) is 2.01. The molecule has 1 saturated heterocycles. The minimum absolute atomic E-state index is 0.0935. The number of likely N-dealkylation sites (tertiary alicyclic amines) is 1. The number of nitrogens with two attached hydrogens (primary N) is 1. The van der Waals surface area contributed by atoms with Crippen molar-refractivity contribution in [2.75, 3.05) is 27.2 Å². The largest absolute Gasteiger partial charge is 0.444 e. The third-order valence-electron chi connectivity index (χ3n) is 3.79. The number of thiocarbonyl (C=S) groups is 1. The zero-order chi connectivity index (χ0) is 19.2. The first-order chi connectivity index (χ1) is 11.5. The number of ether oxygens (including phenoxy) is 2. The van der Waals surface area contributed by atoms with E-state index in [4.69, 9.17) is 27.4 Å². The van der Waals surface area contributed by atoms with E-state index in [1.165, 1.54) is 0 Å². The quantitative estimate of drug-likeness (QED) is 0.542. The van der Waals surface area contributed by atoms with Crippen LogP contribution in [0.15, 0.2) is 0 Å². The standard InChI is InChI=1S/C17H31N3O4S/c1-17(2,3)24-16(22)20-11-12(10-13(20)15(25)19(4)5)23-9-7-6-8-14(18)21/h12-13H,6-11H2,1-5H3,(H2,18,21)/t12-,13+/m1/s1. The highest BCUT2D eigenvalue weighted by Gasteiger charge is 2.40. The number of hydrogen-bond donors (Lipinski definition) is 1. The summed E-state index contributed by atoms with van der Waals surface area (Å²) in [5.41, 5.74) is 4.56. The first-order valence-electron chi connectivity index (χ1n) is 8.62. The van der Waals surface area contributed by atoms with E-state index in [9.17, 15) is 9.59 Å². The number of unbranched alkanes of at least 4 members (excludes halogenated alkanes) is 1. The van der Waals surface area contributed by atoms with Crippen LogP contribution in [0.1, 0.15) is 46.5 Å². The molecule has 0 aliphatic carbocycles. The lowest BCUT2D eigenvalue weighted by atomic mass is 10.2. The van der Waals surface area contributed by atoms with Crippen LogP contribution < -0.4 is 5.73 Å². The van der Waals surface area contributed by atoms with Crippen LogP contribution in [0.3, 0.4) is 0 Å². The summed E-state index contributed by atoms with van der Waals surface area (Å²) >= 11 is 5.48. The van der Waals surface area contributed by atoms with Gasteiger partial charge in [-0.15, -0.1) is 0 Å². The molecule has 0 saturated carbocycles. The maximum Gasteiger partial charge on any atom is 0.410 e. The van der Waals surface area contributed by atoms with Crippen LogP contribution in [0.4, 0.5) is 4.79 Å². The molecule has 2 N–H and O–H groups in total. The van der Waals surface area contributed by atoms with Crippen molar-refractivity contribution >= 4 is 29.2 Å². The lowest BCUT2D eigenvalue weighted by Crippen LogP contribution is -2.46. The second-order valence-electron chi connectivity index (χ2n) is 7.53. The third-order valence-corrected chi connectivity index (χ3v) is 4.42. The van der Waals surface area contributed by atoms with Crippen molar-refractivity contribution in [2.45, 2.75) is 64.2 Å². The van der Waals surface area contributed by atoms with Gasteiger partial charge in [0, 0.05) is 33.5 Å². The molecule has 25 heavy (non-hydrogen) atoms. The van der Waals surface area contributed by atoms with Crippen LogP contribution in [0.5, 0.6) is 0 Å². The van der Waals surface area contributed by atoms with E-state index in [-0.39, 0.29) is 24.1 Å². The maximum atomic E-state index is 12.5. The van der Waals surface area contributed by atoms with Crippen LogP contribution >= 0.6 is 12.2 Å². The number of nitrogens with zero attached hydrogens (tertiary/aromatic N) is 2. The van der Waals surface area contributed by atoms with Gasteiger partial charge in [0.15, 0.2) is 0 Å². The fourth-order valence-electron chi connectivity index (χ4n) is 2.62. The van der Waals surface area contributed by atoms with Gasteiger partial charge in [-0.05, 0) is 33.6 Å². The van der Waals surface area contributed by atoms with Gasteiger partial charge in [-0.2, -0.15) is 0 Å². The Morgan fingerprint density at radius 3 is 2.44 bits per heavy atom. The number of primary amides is 1. The van der Waals surface area contributed by atoms with Gasteiger partial charge in [-0.25, -0.2) is 4.79 Å². The molecule has 1 aliphatic rings. The molecule has 0 bridgehead atoms. The lowest BCUT2D eigenvalue weighted by Gasteiger charge is -2.30. The van der Waals surface area contributed by atoms with Crippen LogP contribution in [-0.2, 0) is 14.3 Å². The molecule has 0 unspecified atom stereocenters. The minimum atomic E-state index is -0.560. The van der Waals surface area contributed by atoms with E-state index in [2.05, 4.69) is 0 Å². The first-order valence-corrected chi connectivity index (χ1v) is 9.02. The van der Waals surface area contributed by atoms with Crippen molar-refractivity contribution < 1.29 is 19.1 Å². The van der Waals surface area contributed by atoms with Crippen molar-refractivity contribution in [3.8, 4) is 0 Å². The monoisotopic (exact) mass is 373 g/mol. The summed E-state index contributed by atoms with van der Waals surface area (Å²) in [7, 11) is 3.74. The molecule has 0 radical (unpaired) electrons. The van der Waals surface area contributed by atoms with E-state index in [1.807, 2.05) is 39.8 Å². The Hall–Kier alpha value is -1.41. The van der Waals surface area contributed by atoms with Crippen molar-refractivity contribution in [3.05, 3.63) is 0 Å². The topological polar surface area (TPSA) is 85.1 Å². The zero-order valence-corrected chi connectivity index (χ0v) is 16.7. The molecule has 7 nitrogen and oxygen atoms in total. The predicted molar refractivity (Wildman–Crippen MR) is 100 cm³/mol. The highest BCUT2D eigenvalue weighted by Crippen LogP contribution is 2.25. The van der Waals surface area contributed by atoms with Gasteiger partial charge < -0.3 is 20.1 Å². The summed E-state index contributed by atoms with van der Waals surface area (Å²) in [6.45, 7) is 6.50. The van der Waals surface area contributed by atoms with E-state index < -0.39 is 5.60 Å². The predicted octanol–water partition coefficient (Wildman–Crippen LogP) is 1.93. The number of carbonyl (C=O) groups is 2. The van der Waals surface area contributed by atoms with Gasteiger partial charge in [0.25, 0.3) is 0 Å². The summed E-state index contributed by atoms with van der Waals surface area (Å²) in [5.74, 6) is -0.298. The van der Waals surface area contributed by atoms with E-state index >= 15 is 0 Å². The van der Waals surface area contributed by atoms with E-state index in [1.54, 1.807) is 4.90 Å². The van der Waals surface area contributed by atoms with Crippen molar-refractivity contribution in [3.63, 3.8) is 0 Å². The Labute approximate surface area is 155 Å². The molecule has 1 rings (SSSR count). The molecule has 2 amide bonds. The molecule has 2 atom stereocenters. The molecule has 1 fully saturated rings. The lowest BCUT2D eigenvalue weighted by molar-refractivity contribution is -0.118. The Balaban J connectivity index is 2.63. The molecule has 0 aromatic heterocycles. The fraction of sp³-hybridized carbons (Fsp3) is 0.824. The number of rotatable bonds is 7. The molecular weight excluding hydrogens is 342 g/mol. The molecular formula is C17H31N3O4S. The van der Waals surface area contributed by atoms with Crippen molar-refractivity contribution in [2.24, 2.45) is 5.73 Å². The molecule has 0 aromatic carbocycles. The summed E-state index contributed by atoms with van der Waals surface area (Å²) in [4.78, 5) is 27.4. The third kappa shape index (κ3) is 7.56. The van der Waals surface area contributed by atoms with Crippen molar-refractivity contribution in [1.82, 2.24) is 9.80 Å². The molecule has 0 aromatic rings. The number of amides is 2. The van der Waals surface area contributed by atoms with Gasteiger partial charge in [-0.1, -0.05) is 12.2 Å². The zero-order valence-electron chi connectivity index (χ0n) is 15.9. The summed E-state index contributed by atoms with van der Waals surface area (Å²) < 4.78 is 11.4. The van der Waals surface area contributed by atoms with Crippen LogP contribution in [0.2, 0.25) is 0 Å².